The zero-order valence-corrected chi connectivity index (χ0v) is 56.5. The van der Waals surface area contributed by atoms with Gasteiger partial charge in [-0.2, -0.15) is 0 Å². The van der Waals surface area contributed by atoms with Crippen LogP contribution in [0.1, 0.15) is 219 Å². The third kappa shape index (κ3) is 69.2. The Labute approximate surface area is 544 Å². The van der Waals surface area contributed by atoms with E-state index in [-0.39, 0.29) is 38.6 Å². The zero-order valence-electron chi connectivity index (χ0n) is 56.5. The topological polar surface area (TPSA) is 108 Å². The lowest BCUT2D eigenvalue weighted by Crippen LogP contribution is -2.40. The molecule has 0 aromatic carbocycles. The van der Waals surface area contributed by atoms with Crippen molar-refractivity contribution in [1.29, 1.82) is 0 Å². The highest BCUT2D eigenvalue weighted by atomic mass is 16.7. The number of carbonyl (C=O) groups excluding carboxylic acids is 2. The molecule has 2 atom stereocenters. The summed E-state index contributed by atoms with van der Waals surface area (Å²) in [6, 6.07) is 0. The second-order valence-electron chi connectivity index (χ2n) is 23.0. The fourth-order valence-electron chi connectivity index (χ4n) is 8.37. The van der Waals surface area contributed by atoms with Crippen LogP contribution in [0.5, 0.6) is 0 Å². The number of ether oxygens (including phenoxy) is 4. The Kier molecular flexibility index (Phi) is 63.1. The second kappa shape index (κ2) is 67.8. The number of carboxylic acid groups (broad SMARTS) is 1. The van der Waals surface area contributed by atoms with Crippen molar-refractivity contribution in [3.63, 3.8) is 0 Å². The van der Waals surface area contributed by atoms with E-state index in [2.05, 4.69) is 220 Å². The highest BCUT2D eigenvalue weighted by molar-refractivity contribution is 5.71. The summed E-state index contributed by atoms with van der Waals surface area (Å²) in [7, 11) is 5.94. The normalized spacial score (nSPS) is 14.0. The minimum Gasteiger partial charge on any atom is -0.477 e. The van der Waals surface area contributed by atoms with Gasteiger partial charge in [0.1, 0.15) is 13.2 Å². The lowest BCUT2D eigenvalue weighted by molar-refractivity contribution is -0.870. The molecule has 2 unspecified atom stereocenters. The van der Waals surface area contributed by atoms with Crippen LogP contribution < -0.4 is 0 Å². The first kappa shape index (κ1) is 82.9. The Bertz CT molecular complexity index is 2210. The third-order valence-electron chi connectivity index (χ3n) is 13.5. The van der Waals surface area contributed by atoms with E-state index in [1.54, 1.807) is 0 Å². The highest BCUT2D eigenvalue weighted by Gasteiger charge is 2.25. The largest absolute Gasteiger partial charge is 0.477 e. The quantitative estimate of drug-likeness (QED) is 0.0211. The van der Waals surface area contributed by atoms with Gasteiger partial charge in [0.05, 0.1) is 34.4 Å². The van der Waals surface area contributed by atoms with E-state index < -0.39 is 24.3 Å². The van der Waals surface area contributed by atoms with Crippen LogP contribution in [0.2, 0.25) is 0 Å². The van der Waals surface area contributed by atoms with E-state index in [1.165, 1.54) is 19.3 Å². The molecular formula is C80H124NO8+. The molecule has 0 radical (unpaired) electrons. The Morgan fingerprint density at radius 1 is 0.337 bits per heavy atom. The van der Waals surface area contributed by atoms with Gasteiger partial charge in [-0.25, -0.2) is 4.79 Å². The molecule has 0 aromatic rings. The number of allylic oxidation sites excluding steroid dienone is 34. The lowest BCUT2D eigenvalue weighted by atomic mass is 10.1. The van der Waals surface area contributed by atoms with Crippen LogP contribution in [0.25, 0.3) is 0 Å². The van der Waals surface area contributed by atoms with Gasteiger partial charge in [0, 0.05) is 12.8 Å². The number of likely N-dealkylation sites (N-methyl/N-ethyl adjacent to an activating group) is 1. The van der Waals surface area contributed by atoms with E-state index in [9.17, 15) is 19.5 Å². The number of hydrogen-bond donors (Lipinski definition) is 1. The first-order valence-electron chi connectivity index (χ1n) is 34.2. The van der Waals surface area contributed by atoms with Crippen molar-refractivity contribution in [2.75, 3.05) is 47.5 Å². The number of esters is 2. The average molecular weight is 1230 g/mol. The average Bonchev–Trinajstić information content (AvgIpc) is 3.64. The van der Waals surface area contributed by atoms with Gasteiger partial charge < -0.3 is 28.5 Å². The number of aliphatic carboxylic acids is 1. The van der Waals surface area contributed by atoms with Gasteiger partial charge in [0.15, 0.2) is 6.10 Å². The van der Waals surface area contributed by atoms with E-state index in [0.717, 1.165) is 167 Å². The first-order valence-corrected chi connectivity index (χ1v) is 34.2. The van der Waals surface area contributed by atoms with Crippen LogP contribution in [0, 0.1) is 0 Å². The molecule has 9 nitrogen and oxygen atoms in total. The summed E-state index contributed by atoms with van der Waals surface area (Å²) < 4.78 is 22.9. The Hall–Kier alpha value is -6.13. The molecule has 0 aliphatic heterocycles. The van der Waals surface area contributed by atoms with Gasteiger partial charge >= 0.3 is 17.9 Å². The predicted octanol–water partition coefficient (Wildman–Crippen LogP) is 21.6. The summed E-state index contributed by atoms with van der Waals surface area (Å²) in [5.41, 5.74) is 0. The standard InChI is InChI=1S/C80H123NO8/c1-6-8-10-12-14-16-18-20-22-24-26-28-30-31-32-33-34-35-36-37-38-39-40-41-42-43-44-45-46-47-49-51-53-55-57-59-61-63-65-67-69-71-78(83)89-76(75-88-80(79(84)85)86-73-72-81(3,4)5)74-87-77(82)70-68-66-64-62-60-58-56-54-52-50-48-29-27-25-23-21-19-17-15-13-11-9-7-2/h8-11,14-17,20-23,26-29,31-32,34-35,37-38,40-41,43-44,46-47,50-53,57,59,76,80H,6-7,12-13,18-19,24-25,30,33,36,39,42,45,48-49,54-56,58,60-75H2,1-5H3/p+1/b10-8-,11-9-,16-14-,17-15-,22-20-,23-21-,28-26-,29-27-,32-31-,35-34-,38-37-,41-40-,44-43-,47-46-,52-50-,53-51-,59-57-. The molecule has 0 aliphatic carbocycles. The van der Waals surface area contributed by atoms with Gasteiger partial charge in [-0.3, -0.25) is 9.59 Å². The molecule has 0 aliphatic rings. The van der Waals surface area contributed by atoms with Gasteiger partial charge in [-0.05, 0) is 148 Å². The summed E-state index contributed by atoms with van der Waals surface area (Å²) >= 11 is 0. The van der Waals surface area contributed by atoms with E-state index in [4.69, 9.17) is 18.9 Å². The fourth-order valence-corrected chi connectivity index (χ4v) is 8.37. The van der Waals surface area contributed by atoms with Crippen molar-refractivity contribution < 1.29 is 42.9 Å². The first-order chi connectivity index (χ1) is 43.6. The molecule has 0 saturated carbocycles. The Morgan fingerprint density at radius 2 is 0.607 bits per heavy atom. The van der Waals surface area contributed by atoms with Crippen LogP contribution >= 0.6 is 0 Å². The summed E-state index contributed by atoms with van der Waals surface area (Å²) in [6.45, 7) is 4.57. The molecule has 496 valence electrons. The molecule has 0 heterocycles. The number of unbranched alkanes of at least 4 members (excludes halogenated alkanes) is 11. The second-order valence-corrected chi connectivity index (χ2v) is 23.0. The number of nitrogens with zero attached hydrogens (tertiary/aromatic N) is 1. The molecule has 0 bridgehead atoms. The molecule has 0 aromatic heterocycles. The molecule has 9 heteroatoms. The molecule has 1 N–H and O–H groups in total. The molecule has 0 spiro atoms. The Balaban J connectivity index is 4.29. The smallest absolute Gasteiger partial charge is 0.361 e. The van der Waals surface area contributed by atoms with Gasteiger partial charge in [0.2, 0.25) is 0 Å². The third-order valence-corrected chi connectivity index (χ3v) is 13.5. The van der Waals surface area contributed by atoms with Gasteiger partial charge in [-0.15, -0.1) is 0 Å². The zero-order chi connectivity index (χ0) is 64.7. The van der Waals surface area contributed by atoms with Gasteiger partial charge in [0.25, 0.3) is 6.29 Å². The van der Waals surface area contributed by atoms with Crippen LogP contribution in [0.3, 0.4) is 0 Å². The van der Waals surface area contributed by atoms with Crippen LogP contribution in [0.4, 0.5) is 0 Å². The Morgan fingerprint density at radius 3 is 0.899 bits per heavy atom. The molecular weight excluding hydrogens is 1100 g/mol. The van der Waals surface area contributed by atoms with Crippen molar-refractivity contribution in [1.82, 2.24) is 0 Å². The summed E-state index contributed by atoms with van der Waals surface area (Å²) in [6.07, 6.45) is 104. The van der Waals surface area contributed by atoms with Crippen molar-refractivity contribution in [3.8, 4) is 0 Å². The maximum absolute atomic E-state index is 12.9. The predicted molar refractivity (Wildman–Crippen MR) is 382 cm³/mol. The molecule has 0 fully saturated rings. The van der Waals surface area contributed by atoms with Crippen LogP contribution in [0.15, 0.2) is 207 Å². The monoisotopic (exact) mass is 1230 g/mol. The molecule has 0 rings (SSSR count). The number of hydrogen-bond acceptors (Lipinski definition) is 7. The summed E-state index contributed by atoms with van der Waals surface area (Å²) in [5.74, 6) is -2.08. The summed E-state index contributed by atoms with van der Waals surface area (Å²) in [4.78, 5) is 37.6. The summed E-state index contributed by atoms with van der Waals surface area (Å²) in [5, 5.41) is 9.74. The number of rotatable bonds is 60. The van der Waals surface area contributed by atoms with E-state index >= 15 is 0 Å². The maximum atomic E-state index is 12.9. The minimum atomic E-state index is -1.54. The van der Waals surface area contributed by atoms with Crippen LogP contribution in [-0.2, 0) is 33.3 Å². The molecule has 89 heavy (non-hydrogen) atoms. The molecule has 0 amide bonds. The van der Waals surface area contributed by atoms with Crippen molar-refractivity contribution >= 4 is 17.9 Å². The number of carboxylic acids is 1. The van der Waals surface area contributed by atoms with Crippen molar-refractivity contribution in [2.24, 2.45) is 0 Å². The maximum Gasteiger partial charge on any atom is 0.361 e. The number of quaternary nitrogens is 1. The molecule has 0 saturated heterocycles. The lowest BCUT2D eigenvalue weighted by Gasteiger charge is -2.25. The van der Waals surface area contributed by atoms with E-state index in [1.807, 2.05) is 21.1 Å². The van der Waals surface area contributed by atoms with Crippen molar-refractivity contribution in [2.45, 2.75) is 232 Å². The highest BCUT2D eigenvalue weighted by Crippen LogP contribution is 2.13. The van der Waals surface area contributed by atoms with Crippen molar-refractivity contribution in [3.05, 3.63) is 207 Å². The fraction of sp³-hybridized carbons (Fsp3) is 0.537. The number of carbonyl (C=O) groups is 3. The van der Waals surface area contributed by atoms with E-state index in [0.29, 0.717) is 17.4 Å². The minimum absolute atomic E-state index is 0.168. The van der Waals surface area contributed by atoms with Gasteiger partial charge in [-0.1, -0.05) is 265 Å². The SMILES string of the molecule is CC/C=C\C/C=C\C/C=C\C/C=C\C/C=C\C/C=C\C/C=C\C/C=C\C/C=C\C/C=C\C/C=C\C/C=C\CCCCCCC(=O)OC(COC(=O)CCCCCCCCC/C=C\C/C=C\C/C=C\C/C=C\C/C=C\CC)COC(OCC[N+](C)(C)C)C(=O)O. The van der Waals surface area contributed by atoms with Crippen LogP contribution in [-0.4, -0.2) is 87.4 Å².